The summed E-state index contributed by atoms with van der Waals surface area (Å²) in [6.07, 6.45) is 0. The fraction of sp³-hybridized carbons (Fsp3) is 0.0714. The highest BCUT2D eigenvalue weighted by molar-refractivity contribution is 6.30. The predicted octanol–water partition coefficient (Wildman–Crippen LogP) is 4.40. The van der Waals surface area contributed by atoms with Crippen LogP contribution in [0.2, 0.25) is 5.02 Å². The number of benzene rings is 2. The zero-order valence-corrected chi connectivity index (χ0v) is 10.4. The molecule has 0 saturated carbocycles. The maximum absolute atomic E-state index is 13.6. The van der Waals surface area contributed by atoms with Crippen LogP contribution >= 0.6 is 11.6 Å². The molecular formula is C14H10ClFN2. The summed E-state index contributed by atoms with van der Waals surface area (Å²) in [5.41, 5.74) is 2.32. The summed E-state index contributed by atoms with van der Waals surface area (Å²) in [6.45, 7) is 1.90. The minimum atomic E-state index is -0.452. The molecule has 2 aromatic rings. The molecule has 0 unspecified atom stereocenters. The number of aryl methyl sites for hydroxylation is 1. The Morgan fingerprint density at radius 1 is 1.17 bits per heavy atom. The van der Waals surface area contributed by atoms with Gasteiger partial charge in [-0.25, -0.2) is 4.39 Å². The van der Waals surface area contributed by atoms with Crippen molar-refractivity contribution in [3.8, 4) is 6.07 Å². The highest BCUT2D eigenvalue weighted by Crippen LogP contribution is 2.25. The second-order valence-corrected chi connectivity index (χ2v) is 4.35. The zero-order valence-electron chi connectivity index (χ0n) is 9.67. The molecule has 0 bridgehead atoms. The molecule has 1 N–H and O–H groups in total. The lowest BCUT2D eigenvalue weighted by Crippen LogP contribution is -1.96. The molecule has 0 aliphatic rings. The first-order valence-electron chi connectivity index (χ1n) is 5.33. The Hall–Kier alpha value is -2.05. The summed E-state index contributed by atoms with van der Waals surface area (Å²) >= 11 is 5.68. The van der Waals surface area contributed by atoms with Crippen LogP contribution in [-0.4, -0.2) is 0 Å². The average molecular weight is 261 g/mol. The van der Waals surface area contributed by atoms with E-state index in [0.29, 0.717) is 22.0 Å². The van der Waals surface area contributed by atoms with Gasteiger partial charge in [0.05, 0.1) is 16.9 Å². The van der Waals surface area contributed by atoms with Gasteiger partial charge >= 0.3 is 0 Å². The Kier molecular flexibility index (Phi) is 3.50. The van der Waals surface area contributed by atoms with Gasteiger partial charge in [-0.3, -0.25) is 0 Å². The summed E-state index contributed by atoms with van der Waals surface area (Å²) in [5.74, 6) is -0.452. The van der Waals surface area contributed by atoms with Crippen molar-refractivity contribution in [3.05, 3.63) is 58.4 Å². The van der Waals surface area contributed by atoms with E-state index in [2.05, 4.69) is 11.4 Å². The first-order valence-corrected chi connectivity index (χ1v) is 5.71. The van der Waals surface area contributed by atoms with E-state index < -0.39 is 5.82 Å². The molecule has 0 radical (unpaired) electrons. The number of halogens is 2. The van der Waals surface area contributed by atoms with Crippen LogP contribution in [0.25, 0.3) is 0 Å². The molecule has 0 aliphatic carbocycles. The van der Waals surface area contributed by atoms with E-state index in [0.717, 1.165) is 5.56 Å². The molecule has 0 atom stereocenters. The summed E-state index contributed by atoms with van der Waals surface area (Å²) in [4.78, 5) is 0. The second kappa shape index (κ2) is 5.07. The van der Waals surface area contributed by atoms with Crippen LogP contribution < -0.4 is 5.32 Å². The maximum Gasteiger partial charge on any atom is 0.148 e. The van der Waals surface area contributed by atoms with Crippen LogP contribution in [0.4, 0.5) is 15.8 Å². The highest BCUT2D eigenvalue weighted by Gasteiger charge is 2.06. The zero-order chi connectivity index (χ0) is 13.1. The molecule has 2 nitrogen and oxygen atoms in total. The van der Waals surface area contributed by atoms with Crippen LogP contribution in [0, 0.1) is 24.1 Å². The lowest BCUT2D eigenvalue weighted by atomic mass is 10.1. The fourth-order valence-corrected chi connectivity index (χ4v) is 1.75. The van der Waals surface area contributed by atoms with Gasteiger partial charge < -0.3 is 5.32 Å². The Morgan fingerprint density at radius 3 is 2.56 bits per heavy atom. The smallest absolute Gasteiger partial charge is 0.148 e. The van der Waals surface area contributed by atoms with Crippen LogP contribution in [-0.2, 0) is 0 Å². The molecule has 2 rings (SSSR count). The average Bonchev–Trinajstić information content (AvgIpc) is 2.34. The summed E-state index contributed by atoms with van der Waals surface area (Å²) in [7, 11) is 0. The van der Waals surface area contributed by atoms with Gasteiger partial charge in [0.2, 0.25) is 0 Å². The number of nitriles is 1. The molecule has 0 fully saturated rings. The molecule has 0 aliphatic heterocycles. The minimum absolute atomic E-state index is 0.291. The quantitative estimate of drug-likeness (QED) is 0.869. The maximum atomic E-state index is 13.6. The second-order valence-electron chi connectivity index (χ2n) is 3.91. The largest absolute Gasteiger partial charge is 0.352 e. The highest BCUT2D eigenvalue weighted by atomic mass is 35.5. The first kappa shape index (κ1) is 12.4. The molecule has 90 valence electrons. The molecular weight excluding hydrogens is 251 g/mol. The van der Waals surface area contributed by atoms with Crippen LogP contribution in [0.15, 0.2) is 36.4 Å². The van der Waals surface area contributed by atoms with Gasteiger partial charge in [0.15, 0.2) is 0 Å². The fourth-order valence-electron chi connectivity index (χ4n) is 1.60. The Balaban J connectivity index is 2.37. The first-order chi connectivity index (χ1) is 8.60. The van der Waals surface area contributed by atoms with Crippen LogP contribution in [0.5, 0.6) is 0 Å². The van der Waals surface area contributed by atoms with Crippen LogP contribution in [0.3, 0.4) is 0 Å². The van der Waals surface area contributed by atoms with Crippen molar-refractivity contribution >= 4 is 23.0 Å². The van der Waals surface area contributed by atoms with Gasteiger partial charge in [0, 0.05) is 5.02 Å². The van der Waals surface area contributed by atoms with E-state index in [1.807, 2.05) is 13.0 Å². The van der Waals surface area contributed by atoms with E-state index >= 15 is 0 Å². The van der Waals surface area contributed by atoms with E-state index in [9.17, 15) is 4.39 Å². The van der Waals surface area contributed by atoms with E-state index in [-0.39, 0.29) is 0 Å². The third kappa shape index (κ3) is 2.61. The molecule has 0 amide bonds. The number of nitrogens with one attached hydrogen (secondary N) is 1. The van der Waals surface area contributed by atoms with Gasteiger partial charge in [0.25, 0.3) is 0 Å². The van der Waals surface area contributed by atoms with Crippen molar-refractivity contribution < 1.29 is 4.39 Å². The summed E-state index contributed by atoms with van der Waals surface area (Å²) < 4.78 is 13.6. The summed E-state index contributed by atoms with van der Waals surface area (Å²) in [6, 6.07) is 11.8. The standard InChI is InChI=1S/C14H10ClFN2/c1-9-2-4-13(10(6-9)8-17)18-14-5-3-11(15)7-12(14)16/h2-7,18H,1H3. The monoisotopic (exact) mass is 260 g/mol. The lowest BCUT2D eigenvalue weighted by molar-refractivity contribution is 0.632. The normalized spacial score (nSPS) is 9.89. The number of anilines is 2. The lowest BCUT2D eigenvalue weighted by Gasteiger charge is -2.10. The molecule has 2 aromatic carbocycles. The SMILES string of the molecule is Cc1ccc(Nc2ccc(Cl)cc2F)c(C#N)c1. The Morgan fingerprint density at radius 2 is 1.89 bits per heavy atom. The molecule has 0 heterocycles. The van der Waals surface area contributed by atoms with E-state index in [1.165, 1.54) is 6.07 Å². The van der Waals surface area contributed by atoms with Crippen molar-refractivity contribution in [1.29, 1.82) is 5.26 Å². The third-order valence-corrected chi connectivity index (χ3v) is 2.73. The molecule has 18 heavy (non-hydrogen) atoms. The third-order valence-electron chi connectivity index (χ3n) is 2.50. The van der Waals surface area contributed by atoms with Crippen LogP contribution in [0.1, 0.15) is 11.1 Å². The molecule has 0 saturated heterocycles. The van der Waals surface area contributed by atoms with Crippen molar-refractivity contribution in [2.45, 2.75) is 6.92 Å². The van der Waals surface area contributed by atoms with Gasteiger partial charge in [-0.15, -0.1) is 0 Å². The van der Waals surface area contributed by atoms with E-state index in [1.54, 1.807) is 24.3 Å². The minimum Gasteiger partial charge on any atom is -0.352 e. The molecule has 0 spiro atoms. The number of rotatable bonds is 2. The van der Waals surface area contributed by atoms with Crippen molar-refractivity contribution in [3.63, 3.8) is 0 Å². The molecule has 0 aromatic heterocycles. The number of nitrogens with zero attached hydrogens (tertiary/aromatic N) is 1. The van der Waals surface area contributed by atoms with Gasteiger partial charge in [-0.05, 0) is 42.8 Å². The van der Waals surface area contributed by atoms with E-state index in [4.69, 9.17) is 16.9 Å². The van der Waals surface area contributed by atoms with Gasteiger partial charge in [-0.2, -0.15) is 5.26 Å². The number of hydrogen-bond acceptors (Lipinski definition) is 2. The van der Waals surface area contributed by atoms with Gasteiger partial charge in [-0.1, -0.05) is 17.7 Å². The predicted molar refractivity (Wildman–Crippen MR) is 70.6 cm³/mol. The van der Waals surface area contributed by atoms with Crippen molar-refractivity contribution in [1.82, 2.24) is 0 Å². The Bertz CT molecular complexity index is 632. The van der Waals surface area contributed by atoms with Crippen molar-refractivity contribution in [2.24, 2.45) is 0 Å². The topological polar surface area (TPSA) is 35.8 Å². The molecule has 4 heteroatoms. The van der Waals surface area contributed by atoms with Crippen molar-refractivity contribution in [2.75, 3.05) is 5.32 Å². The Labute approximate surface area is 110 Å². The number of hydrogen-bond donors (Lipinski definition) is 1. The van der Waals surface area contributed by atoms with Gasteiger partial charge in [0.1, 0.15) is 11.9 Å². The summed E-state index contributed by atoms with van der Waals surface area (Å²) in [5, 5.41) is 12.3.